The summed E-state index contributed by atoms with van der Waals surface area (Å²) in [5.41, 5.74) is 0.116. The molecule has 1 aromatic carbocycles. The lowest BCUT2D eigenvalue weighted by molar-refractivity contribution is -0.130. The number of nitrogens with one attached hydrogen (secondary N) is 4. The molecule has 39 heavy (non-hydrogen) atoms. The number of hydrogen-bond acceptors (Lipinski definition) is 6. The van der Waals surface area contributed by atoms with Gasteiger partial charge < -0.3 is 31.1 Å². The third kappa shape index (κ3) is 14.0. The van der Waals surface area contributed by atoms with Gasteiger partial charge in [0.25, 0.3) is 0 Å². The summed E-state index contributed by atoms with van der Waals surface area (Å²) in [4.78, 5) is 50.6. The molecular weight excluding hydrogens is 500 g/mol. The van der Waals surface area contributed by atoms with Crippen LogP contribution in [0.15, 0.2) is 30.3 Å². The molecule has 10 heteroatoms. The van der Waals surface area contributed by atoms with Crippen LogP contribution in [0.1, 0.15) is 73.8 Å². The Labute approximate surface area is 233 Å². The van der Waals surface area contributed by atoms with Crippen molar-refractivity contribution in [3.05, 3.63) is 35.9 Å². The fraction of sp³-hybridized carbons (Fsp3) is 0.655. The largest absolute Gasteiger partial charge is 0.444 e. The Hall–Kier alpha value is -3.14. The predicted octanol–water partition coefficient (Wildman–Crippen LogP) is 2.68. The quantitative estimate of drug-likeness (QED) is 0.242. The van der Waals surface area contributed by atoms with Crippen LogP contribution >= 0.6 is 0 Å². The maximum Gasteiger partial charge on any atom is 0.408 e. The highest BCUT2D eigenvalue weighted by Gasteiger charge is 2.31. The van der Waals surface area contributed by atoms with Crippen LogP contribution in [0, 0.1) is 11.8 Å². The van der Waals surface area contributed by atoms with Gasteiger partial charge in [0.15, 0.2) is 0 Å². The molecule has 0 spiro atoms. The monoisotopic (exact) mass is 548 g/mol. The van der Waals surface area contributed by atoms with Crippen LogP contribution in [0.2, 0.25) is 0 Å². The molecule has 4 atom stereocenters. The van der Waals surface area contributed by atoms with Crippen LogP contribution in [-0.4, -0.2) is 65.3 Å². The molecule has 1 aromatic rings. The molecule has 0 aliphatic carbocycles. The van der Waals surface area contributed by atoms with E-state index in [0.717, 1.165) is 12.0 Å². The SMILES string of the molecule is CC(C)CCNC(=O)[C@H](C)NC(=O)C[C@H](O)[C@@H](Cc1ccccc1)NC(=O)[C@@H](NC(=O)OC(C)(C)C)C(C)C. The van der Waals surface area contributed by atoms with Gasteiger partial charge in [0.1, 0.15) is 17.7 Å². The summed E-state index contributed by atoms with van der Waals surface area (Å²) >= 11 is 0. The third-order valence-electron chi connectivity index (χ3n) is 5.90. The fourth-order valence-electron chi connectivity index (χ4n) is 3.73. The lowest BCUT2D eigenvalue weighted by Crippen LogP contribution is -2.56. The number of rotatable bonds is 14. The van der Waals surface area contributed by atoms with E-state index in [1.54, 1.807) is 41.5 Å². The van der Waals surface area contributed by atoms with E-state index in [2.05, 4.69) is 35.1 Å². The minimum absolute atomic E-state index is 0.253. The molecule has 0 fully saturated rings. The second-order valence-electron chi connectivity index (χ2n) is 11.7. The van der Waals surface area contributed by atoms with Gasteiger partial charge in [-0.3, -0.25) is 14.4 Å². The molecule has 0 radical (unpaired) electrons. The minimum Gasteiger partial charge on any atom is -0.444 e. The van der Waals surface area contributed by atoms with Gasteiger partial charge in [0.05, 0.1) is 18.6 Å². The van der Waals surface area contributed by atoms with Crippen molar-refractivity contribution in [2.45, 2.75) is 104 Å². The molecular formula is C29H48N4O6. The number of amides is 4. The number of ether oxygens (including phenoxy) is 1. The van der Waals surface area contributed by atoms with E-state index < -0.39 is 47.7 Å². The molecule has 5 N–H and O–H groups in total. The first-order chi connectivity index (χ1) is 18.1. The number of hydrogen-bond donors (Lipinski definition) is 5. The van der Waals surface area contributed by atoms with Crippen LogP contribution in [0.25, 0.3) is 0 Å². The van der Waals surface area contributed by atoms with Crippen molar-refractivity contribution >= 4 is 23.8 Å². The number of benzene rings is 1. The highest BCUT2D eigenvalue weighted by Crippen LogP contribution is 2.12. The van der Waals surface area contributed by atoms with Gasteiger partial charge in [-0.05, 0) is 57.9 Å². The van der Waals surface area contributed by atoms with Crippen LogP contribution in [0.3, 0.4) is 0 Å². The standard InChI is InChI=1S/C29H48N4O6/c1-18(2)14-15-30-26(36)20(5)31-24(35)17-23(34)22(16-21-12-10-9-11-13-21)32-27(37)25(19(3)4)33-28(38)39-29(6,7)8/h9-13,18-20,22-23,25,34H,14-17H2,1-8H3,(H,30,36)(H,31,35)(H,32,37)(H,33,38)/t20-,22+,23-,25-/m0/s1. The maximum absolute atomic E-state index is 13.2. The highest BCUT2D eigenvalue weighted by molar-refractivity contribution is 5.88. The summed E-state index contributed by atoms with van der Waals surface area (Å²) in [6.07, 6.45) is -1.22. The normalized spacial score (nSPS) is 14.6. The average molecular weight is 549 g/mol. The van der Waals surface area contributed by atoms with Gasteiger partial charge in [-0.2, -0.15) is 0 Å². The topological polar surface area (TPSA) is 146 Å². The molecule has 0 aromatic heterocycles. The number of alkyl carbamates (subject to hydrolysis) is 1. The van der Waals surface area contributed by atoms with Gasteiger partial charge in [-0.15, -0.1) is 0 Å². The van der Waals surface area contributed by atoms with Crippen LogP contribution in [0.4, 0.5) is 4.79 Å². The zero-order valence-corrected chi connectivity index (χ0v) is 24.7. The number of aliphatic hydroxyl groups is 1. The summed E-state index contributed by atoms with van der Waals surface area (Å²) < 4.78 is 5.30. The van der Waals surface area contributed by atoms with Gasteiger partial charge >= 0.3 is 6.09 Å². The Morgan fingerprint density at radius 2 is 1.51 bits per heavy atom. The smallest absolute Gasteiger partial charge is 0.408 e. The fourth-order valence-corrected chi connectivity index (χ4v) is 3.73. The van der Waals surface area contributed by atoms with Gasteiger partial charge in [-0.25, -0.2) is 4.79 Å². The summed E-state index contributed by atoms with van der Waals surface area (Å²) in [7, 11) is 0. The average Bonchev–Trinajstić information content (AvgIpc) is 2.80. The summed E-state index contributed by atoms with van der Waals surface area (Å²) in [6.45, 7) is 14.9. The molecule has 0 saturated heterocycles. The van der Waals surface area contributed by atoms with Gasteiger partial charge in [-0.1, -0.05) is 58.0 Å². The summed E-state index contributed by atoms with van der Waals surface area (Å²) in [5.74, 6) is -1.16. The first-order valence-electron chi connectivity index (χ1n) is 13.7. The van der Waals surface area contributed by atoms with E-state index in [9.17, 15) is 24.3 Å². The van der Waals surface area contributed by atoms with E-state index in [-0.39, 0.29) is 24.7 Å². The second-order valence-corrected chi connectivity index (χ2v) is 11.7. The van der Waals surface area contributed by atoms with Crippen molar-refractivity contribution in [3.63, 3.8) is 0 Å². The summed E-state index contributed by atoms with van der Waals surface area (Å²) in [6, 6.07) is 6.72. The Morgan fingerprint density at radius 1 is 0.897 bits per heavy atom. The van der Waals surface area contributed by atoms with Crippen LogP contribution in [0.5, 0.6) is 0 Å². The zero-order valence-electron chi connectivity index (χ0n) is 24.7. The van der Waals surface area contributed by atoms with Crippen LogP contribution in [-0.2, 0) is 25.5 Å². The van der Waals surface area contributed by atoms with E-state index in [1.807, 2.05) is 30.3 Å². The first-order valence-corrected chi connectivity index (χ1v) is 13.7. The Bertz CT molecular complexity index is 929. The Kier molecular flexibility index (Phi) is 14.0. The molecule has 0 saturated carbocycles. The molecule has 10 nitrogen and oxygen atoms in total. The molecule has 0 aliphatic rings. The van der Waals surface area contributed by atoms with E-state index in [4.69, 9.17) is 4.74 Å². The number of carbonyl (C=O) groups excluding carboxylic acids is 4. The predicted molar refractivity (Wildman–Crippen MR) is 151 cm³/mol. The number of carbonyl (C=O) groups is 4. The van der Waals surface area contributed by atoms with E-state index in [1.165, 1.54) is 0 Å². The Morgan fingerprint density at radius 3 is 2.05 bits per heavy atom. The lowest BCUT2D eigenvalue weighted by atomic mass is 9.97. The summed E-state index contributed by atoms with van der Waals surface area (Å²) in [5, 5.41) is 21.8. The van der Waals surface area contributed by atoms with Crippen molar-refractivity contribution in [1.29, 1.82) is 0 Å². The lowest BCUT2D eigenvalue weighted by Gasteiger charge is -2.29. The molecule has 4 amide bonds. The van der Waals surface area contributed by atoms with Crippen molar-refractivity contribution in [2.24, 2.45) is 11.8 Å². The molecule has 0 bridgehead atoms. The van der Waals surface area contributed by atoms with Crippen LogP contribution < -0.4 is 21.3 Å². The Balaban J connectivity index is 2.92. The third-order valence-corrected chi connectivity index (χ3v) is 5.90. The maximum atomic E-state index is 13.2. The van der Waals surface area contributed by atoms with E-state index >= 15 is 0 Å². The van der Waals surface area contributed by atoms with Gasteiger partial charge in [0.2, 0.25) is 17.7 Å². The van der Waals surface area contributed by atoms with Crippen molar-refractivity contribution in [2.75, 3.05) is 6.54 Å². The van der Waals surface area contributed by atoms with Crippen molar-refractivity contribution in [3.8, 4) is 0 Å². The molecule has 0 aliphatic heterocycles. The minimum atomic E-state index is -1.25. The highest BCUT2D eigenvalue weighted by atomic mass is 16.6. The second kappa shape index (κ2) is 16.1. The molecule has 220 valence electrons. The first kappa shape index (κ1) is 33.9. The van der Waals surface area contributed by atoms with Crippen molar-refractivity contribution in [1.82, 2.24) is 21.3 Å². The molecule has 1 rings (SSSR count). The number of aliphatic hydroxyl groups excluding tert-OH is 1. The molecule has 0 unspecified atom stereocenters. The zero-order chi connectivity index (χ0) is 29.8. The molecule has 0 heterocycles. The van der Waals surface area contributed by atoms with Gasteiger partial charge in [0, 0.05) is 6.54 Å². The van der Waals surface area contributed by atoms with Crippen molar-refractivity contribution < 1.29 is 29.0 Å². The van der Waals surface area contributed by atoms with E-state index in [0.29, 0.717) is 12.5 Å².